The number of rotatable bonds is 7. The number of anilines is 1. The van der Waals surface area contributed by atoms with Crippen molar-refractivity contribution in [2.24, 2.45) is 5.73 Å². The maximum atomic E-state index is 12.2. The van der Waals surface area contributed by atoms with E-state index in [1.807, 2.05) is 17.0 Å². The first-order chi connectivity index (χ1) is 11.6. The molecule has 7 nitrogen and oxygen atoms in total. The summed E-state index contributed by atoms with van der Waals surface area (Å²) in [5.74, 6) is -0.0505. The van der Waals surface area contributed by atoms with Crippen molar-refractivity contribution >= 4 is 29.9 Å². The third-order valence-corrected chi connectivity index (χ3v) is 3.97. The molecule has 1 atom stereocenters. The van der Waals surface area contributed by atoms with Gasteiger partial charge in [0.25, 0.3) is 0 Å². The fraction of sp³-hybridized carbons (Fsp3) is 0.529. The molecule has 1 aromatic carbocycles. The van der Waals surface area contributed by atoms with Crippen molar-refractivity contribution in [3.8, 4) is 0 Å². The Bertz CT molecular complexity index is 543. The van der Waals surface area contributed by atoms with Crippen LogP contribution in [0.4, 0.5) is 5.69 Å². The zero-order valence-electron chi connectivity index (χ0n) is 14.4. The average molecular weight is 372 g/mol. The van der Waals surface area contributed by atoms with E-state index < -0.39 is 0 Å². The van der Waals surface area contributed by atoms with E-state index in [4.69, 9.17) is 15.2 Å². The Labute approximate surface area is 154 Å². The van der Waals surface area contributed by atoms with Crippen LogP contribution >= 0.6 is 12.4 Å². The summed E-state index contributed by atoms with van der Waals surface area (Å²) in [5.41, 5.74) is 7.11. The lowest BCUT2D eigenvalue weighted by Gasteiger charge is -2.26. The first-order valence-corrected chi connectivity index (χ1v) is 8.09. The minimum atomic E-state index is -0.282. The van der Waals surface area contributed by atoms with Gasteiger partial charge in [-0.2, -0.15) is 0 Å². The number of benzene rings is 1. The number of halogens is 1. The van der Waals surface area contributed by atoms with E-state index in [0.717, 1.165) is 5.56 Å². The molecule has 0 spiro atoms. The van der Waals surface area contributed by atoms with E-state index in [1.54, 1.807) is 12.1 Å². The molecular weight excluding hydrogens is 346 g/mol. The van der Waals surface area contributed by atoms with Gasteiger partial charge in [0.15, 0.2) is 0 Å². The summed E-state index contributed by atoms with van der Waals surface area (Å²) in [4.78, 5) is 25.9. The first-order valence-electron chi connectivity index (χ1n) is 8.09. The van der Waals surface area contributed by atoms with Gasteiger partial charge < -0.3 is 25.4 Å². The van der Waals surface area contributed by atoms with Crippen LogP contribution in [0.3, 0.4) is 0 Å². The quantitative estimate of drug-likeness (QED) is 0.739. The van der Waals surface area contributed by atoms with Gasteiger partial charge in [-0.15, -0.1) is 12.4 Å². The number of hydrogen-bond acceptors (Lipinski definition) is 5. The largest absolute Gasteiger partial charge is 0.380 e. The van der Waals surface area contributed by atoms with Gasteiger partial charge in [0, 0.05) is 32.4 Å². The molecule has 0 aliphatic carbocycles. The summed E-state index contributed by atoms with van der Waals surface area (Å²) in [6.45, 7) is 2.79. The van der Waals surface area contributed by atoms with E-state index in [0.29, 0.717) is 45.0 Å². The summed E-state index contributed by atoms with van der Waals surface area (Å²) < 4.78 is 10.3. The highest BCUT2D eigenvalue weighted by Crippen LogP contribution is 2.12. The highest BCUT2D eigenvalue weighted by molar-refractivity contribution is 5.91. The van der Waals surface area contributed by atoms with Crippen molar-refractivity contribution in [2.75, 3.05) is 45.3 Å². The zero-order valence-corrected chi connectivity index (χ0v) is 15.2. The number of nitrogens with two attached hydrogens (primary N) is 1. The molecule has 25 heavy (non-hydrogen) atoms. The van der Waals surface area contributed by atoms with Crippen LogP contribution in [0.5, 0.6) is 0 Å². The number of carbonyl (C=O) groups excluding carboxylic acids is 2. The number of nitrogens with zero attached hydrogens (tertiary/aromatic N) is 1. The van der Waals surface area contributed by atoms with Gasteiger partial charge in [0.2, 0.25) is 11.8 Å². The van der Waals surface area contributed by atoms with Gasteiger partial charge in [-0.05, 0) is 17.7 Å². The van der Waals surface area contributed by atoms with Crippen LogP contribution in [0.15, 0.2) is 24.3 Å². The van der Waals surface area contributed by atoms with Crippen molar-refractivity contribution in [3.05, 3.63) is 29.8 Å². The highest BCUT2D eigenvalue weighted by Gasteiger charge is 2.17. The van der Waals surface area contributed by atoms with Crippen LogP contribution in [-0.2, 0) is 25.5 Å². The summed E-state index contributed by atoms with van der Waals surface area (Å²) in [6, 6.07) is 7.30. The normalized spacial score (nSPS) is 15.2. The standard InChI is InChI=1S/C17H25N3O4.ClH/c1-23-15(12-18)11-16(21)19-14-4-2-13(3-5-14)10-17(22)20-6-8-24-9-7-20;/h2-5,15H,6-12,18H2,1H3,(H,19,21);1H. The van der Waals surface area contributed by atoms with E-state index in [9.17, 15) is 9.59 Å². The fourth-order valence-corrected chi connectivity index (χ4v) is 2.49. The lowest BCUT2D eigenvalue weighted by atomic mass is 10.1. The predicted octanol–water partition coefficient (Wildman–Crippen LogP) is 0.812. The molecule has 0 saturated carbocycles. The molecule has 1 unspecified atom stereocenters. The van der Waals surface area contributed by atoms with Crippen LogP contribution < -0.4 is 11.1 Å². The second kappa shape index (κ2) is 11.0. The predicted molar refractivity (Wildman–Crippen MR) is 97.9 cm³/mol. The minimum absolute atomic E-state index is 0. The van der Waals surface area contributed by atoms with Crippen LogP contribution in [-0.4, -0.2) is 62.8 Å². The third kappa shape index (κ3) is 6.99. The topological polar surface area (TPSA) is 93.9 Å². The molecule has 0 bridgehead atoms. The molecule has 1 aromatic rings. The first kappa shape index (κ1) is 21.4. The zero-order chi connectivity index (χ0) is 17.4. The molecule has 0 radical (unpaired) electrons. The van der Waals surface area contributed by atoms with Gasteiger partial charge >= 0.3 is 0 Å². The van der Waals surface area contributed by atoms with Crippen LogP contribution in [0, 0.1) is 0 Å². The second-order valence-electron chi connectivity index (χ2n) is 5.71. The molecule has 1 saturated heterocycles. The van der Waals surface area contributed by atoms with Gasteiger partial charge in [0.05, 0.1) is 32.2 Å². The summed E-state index contributed by atoms with van der Waals surface area (Å²) in [6.07, 6.45) is 0.285. The maximum absolute atomic E-state index is 12.2. The minimum Gasteiger partial charge on any atom is -0.380 e. The molecule has 140 valence electrons. The lowest BCUT2D eigenvalue weighted by molar-refractivity contribution is -0.134. The Morgan fingerprint density at radius 2 is 1.92 bits per heavy atom. The second-order valence-corrected chi connectivity index (χ2v) is 5.71. The molecule has 8 heteroatoms. The van der Waals surface area contributed by atoms with Crippen molar-refractivity contribution in [2.45, 2.75) is 18.9 Å². The number of morpholine rings is 1. The van der Waals surface area contributed by atoms with Crippen molar-refractivity contribution in [1.82, 2.24) is 4.90 Å². The molecule has 0 aromatic heterocycles. The van der Waals surface area contributed by atoms with E-state index in [-0.39, 0.29) is 36.7 Å². The SMILES string of the molecule is COC(CN)CC(=O)Nc1ccc(CC(=O)N2CCOCC2)cc1.Cl. The van der Waals surface area contributed by atoms with Gasteiger partial charge in [-0.1, -0.05) is 12.1 Å². The number of ether oxygens (including phenoxy) is 2. The third-order valence-electron chi connectivity index (χ3n) is 3.97. The number of nitrogens with one attached hydrogen (secondary N) is 1. The van der Waals surface area contributed by atoms with Crippen LogP contribution in [0.1, 0.15) is 12.0 Å². The monoisotopic (exact) mass is 371 g/mol. The van der Waals surface area contributed by atoms with E-state index in [1.165, 1.54) is 7.11 Å². The molecule has 1 fully saturated rings. The fourth-order valence-electron chi connectivity index (χ4n) is 2.49. The molecular formula is C17H26ClN3O4. The number of hydrogen-bond donors (Lipinski definition) is 2. The summed E-state index contributed by atoms with van der Waals surface area (Å²) >= 11 is 0. The van der Waals surface area contributed by atoms with Crippen molar-refractivity contribution < 1.29 is 19.1 Å². The number of carbonyl (C=O) groups is 2. The van der Waals surface area contributed by atoms with Crippen molar-refractivity contribution in [3.63, 3.8) is 0 Å². The van der Waals surface area contributed by atoms with Gasteiger partial charge in [-0.25, -0.2) is 0 Å². The molecule has 3 N–H and O–H groups in total. The van der Waals surface area contributed by atoms with Crippen molar-refractivity contribution in [1.29, 1.82) is 0 Å². The Morgan fingerprint density at radius 1 is 1.28 bits per heavy atom. The van der Waals surface area contributed by atoms with Crippen LogP contribution in [0.2, 0.25) is 0 Å². The molecule has 2 amide bonds. The Balaban J connectivity index is 0.00000312. The van der Waals surface area contributed by atoms with Crippen LogP contribution in [0.25, 0.3) is 0 Å². The van der Waals surface area contributed by atoms with E-state index in [2.05, 4.69) is 5.32 Å². The molecule has 1 heterocycles. The molecule has 2 rings (SSSR count). The molecule has 1 aliphatic rings. The van der Waals surface area contributed by atoms with Gasteiger partial charge in [-0.3, -0.25) is 9.59 Å². The maximum Gasteiger partial charge on any atom is 0.227 e. The smallest absolute Gasteiger partial charge is 0.227 e. The average Bonchev–Trinajstić information content (AvgIpc) is 2.62. The lowest BCUT2D eigenvalue weighted by Crippen LogP contribution is -2.41. The molecule has 1 aliphatic heterocycles. The Hall–Kier alpha value is -1.67. The Kier molecular flexibility index (Phi) is 9.44. The highest BCUT2D eigenvalue weighted by atomic mass is 35.5. The summed E-state index contributed by atoms with van der Waals surface area (Å²) in [7, 11) is 1.53. The summed E-state index contributed by atoms with van der Waals surface area (Å²) in [5, 5.41) is 2.80. The number of amides is 2. The number of methoxy groups -OCH3 is 1. The Morgan fingerprint density at radius 3 is 2.48 bits per heavy atom. The van der Waals surface area contributed by atoms with Gasteiger partial charge in [0.1, 0.15) is 0 Å². The van der Waals surface area contributed by atoms with E-state index >= 15 is 0 Å².